The van der Waals surface area contributed by atoms with E-state index in [1.165, 1.54) is 18.2 Å². The largest absolute Gasteiger partial charge is 0.307 e. The zero-order chi connectivity index (χ0) is 23.5. The molecule has 164 valence electrons. The van der Waals surface area contributed by atoms with Gasteiger partial charge in [0.25, 0.3) is 17.7 Å². The molecule has 0 aliphatic carbocycles. The van der Waals surface area contributed by atoms with Crippen molar-refractivity contribution in [3.05, 3.63) is 114 Å². The van der Waals surface area contributed by atoms with E-state index in [9.17, 15) is 14.4 Å². The Morgan fingerprint density at radius 3 is 2.12 bits per heavy atom. The first-order valence-electron chi connectivity index (χ1n) is 10.4. The van der Waals surface area contributed by atoms with Crippen molar-refractivity contribution in [2.45, 2.75) is 0 Å². The first-order valence-corrected chi connectivity index (χ1v) is 10.4. The summed E-state index contributed by atoms with van der Waals surface area (Å²) in [4.78, 5) is 43.7. The predicted octanol–water partition coefficient (Wildman–Crippen LogP) is 5.55. The molecule has 0 atom stereocenters. The molecule has 8 nitrogen and oxygen atoms in total. The Bertz CT molecular complexity index is 1420. The molecule has 5 rings (SSSR count). The average molecular weight is 447 g/mol. The second-order valence-corrected chi connectivity index (χ2v) is 7.43. The van der Waals surface area contributed by atoms with E-state index >= 15 is 0 Å². The molecule has 1 N–H and O–H groups in total. The average Bonchev–Trinajstić information content (AvgIpc) is 3.13. The van der Waals surface area contributed by atoms with Crippen molar-refractivity contribution in [3.63, 3.8) is 0 Å². The van der Waals surface area contributed by atoms with E-state index in [2.05, 4.69) is 20.5 Å². The molecule has 0 fully saturated rings. The van der Waals surface area contributed by atoms with Gasteiger partial charge in [0.15, 0.2) is 0 Å². The Morgan fingerprint density at radius 2 is 1.41 bits per heavy atom. The van der Waals surface area contributed by atoms with Crippen LogP contribution in [-0.2, 0) is 0 Å². The van der Waals surface area contributed by atoms with Crippen LogP contribution in [0.1, 0.15) is 31.1 Å². The molecule has 1 aliphatic rings. The summed E-state index contributed by atoms with van der Waals surface area (Å²) in [5.74, 6) is -0.976. The van der Waals surface area contributed by atoms with Crippen LogP contribution in [0.4, 0.5) is 22.9 Å². The number of carbonyl (C=O) groups is 3. The minimum absolute atomic E-state index is 0.173. The topological polar surface area (TPSA) is 104 Å². The van der Waals surface area contributed by atoms with E-state index in [1.807, 2.05) is 30.3 Å². The molecule has 2 heterocycles. The number of rotatable bonds is 5. The van der Waals surface area contributed by atoms with Crippen LogP contribution in [0.25, 0.3) is 0 Å². The lowest BCUT2D eigenvalue weighted by Crippen LogP contribution is -2.29. The number of amides is 3. The fraction of sp³-hybridized carbons (Fsp3) is 0. The minimum atomic E-state index is -0.494. The first-order chi connectivity index (χ1) is 16.6. The maximum absolute atomic E-state index is 13.1. The number of imide groups is 1. The van der Waals surface area contributed by atoms with Crippen molar-refractivity contribution in [2.24, 2.45) is 10.2 Å². The number of benzene rings is 3. The van der Waals surface area contributed by atoms with E-state index in [1.54, 1.807) is 48.7 Å². The van der Waals surface area contributed by atoms with Gasteiger partial charge in [-0.05, 0) is 66.7 Å². The number of nitrogens with zero attached hydrogens (tertiary/aromatic N) is 4. The second kappa shape index (κ2) is 8.87. The molecule has 0 spiro atoms. The normalized spacial score (nSPS) is 12.8. The van der Waals surface area contributed by atoms with Crippen molar-refractivity contribution < 1.29 is 14.4 Å². The molecule has 8 heteroatoms. The number of hydrogen-bond acceptors (Lipinski definition) is 6. The third-order valence-corrected chi connectivity index (χ3v) is 5.20. The van der Waals surface area contributed by atoms with E-state index in [0.29, 0.717) is 17.2 Å². The quantitative estimate of drug-likeness (QED) is 0.320. The summed E-state index contributed by atoms with van der Waals surface area (Å²) >= 11 is 0. The molecule has 1 aromatic heterocycles. The molecule has 0 unspecified atom stereocenters. The van der Waals surface area contributed by atoms with Gasteiger partial charge < -0.3 is 5.32 Å². The highest BCUT2D eigenvalue weighted by Gasteiger charge is 2.37. The van der Waals surface area contributed by atoms with Crippen molar-refractivity contribution in [3.8, 4) is 0 Å². The number of aromatic nitrogens is 1. The molecule has 1 aliphatic heterocycles. The highest BCUT2D eigenvalue weighted by molar-refractivity contribution is 6.34. The van der Waals surface area contributed by atoms with Crippen LogP contribution in [0.5, 0.6) is 0 Å². The zero-order valence-electron chi connectivity index (χ0n) is 17.8. The molecule has 0 saturated heterocycles. The molecule has 0 radical (unpaired) electrons. The minimum Gasteiger partial charge on any atom is -0.307 e. The van der Waals surface area contributed by atoms with Crippen LogP contribution in [0.3, 0.4) is 0 Å². The highest BCUT2D eigenvalue weighted by atomic mass is 16.2. The Hall–Kier alpha value is -4.98. The molecule has 4 aromatic rings. The SMILES string of the molecule is O=C(Nc1ccccn1)c1ccc2c(c1)C(=O)N(c1ccc(N=Nc3ccccc3)cc1)C2=O. The summed E-state index contributed by atoms with van der Waals surface area (Å²) in [5.41, 5.74) is 2.37. The lowest BCUT2D eigenvalue weighted by atomic mass is 10.1. The van der Waals surface area contributed by atoms with E-state index in [0.717, 1.165) is 10.6 Å². The maximum Gasteiger partial charge on any atom is 0.266 e. The predicted molar refractivity (Wildman–Crippen MR) is 127 cm³/mol. The number of anilines is 2. The van der Waals surface area contributed by atoms with Crippen LogP contribution >= 0.6 is 0 Å². The van der Waals surface area contributed by atoms with Gasteiger partial charge in [0.1, 0.15) is 5.82 Å². The summed E-state index contributed by atoms with van der Waals surface area (Å²) in [6, 6.07) is 25.5. The zero-order valence-corrected chi connectivity index (χ0v) is 17.8. The van der Waals surface area contributed by atoms with E-state index < -0.39 is 17.7 Å². The highest BCUT2D eigenvalue weighted by Crippen LogP contribution is 2.31. The van der Waals surface area contributed by atoms with Crippen molar-refractivity contribution in [1.82, 2.24) is 4.98 Å². The number of pyridine rings is 1. The van der Waals surface area contributed by atoms with Gasteiger partial charge in [0, 0.05) is 11.8 Å². The number of nitrogens with one attached hydrogen (secondary N) is 1. The monoisotopic (exact) mass is 447 g/mol. The summed E-state index contributed by atoms with van der Waals surface area (Å²) in [5, 5.41) is 11.0. The Labute approximate surface area is 194 Å². The molecule has 0 saturated carbocycles. The van der Waals surface area contributed by atoms with Gasteiger partial charge in [-0.3, -0.25) is 14.4 Å². The summed E-state index contributed by atoms with van der Waals surface area (Å²) < 4.78 is 0. The number of azo groups is 1. The maximum atomic E-state index is 13.1. The molecule has 3 amide bonds. The Balaban J connectivity index is 1.35. The second-order valence-electron chi connectivity index (χ2n) is 7.43. The molecule has 0 bridgehead atoms. The lowest BCUT2D eigenvalue weighted by Gasteiger charge is -2.13. The van der Waals surface area contributed by atoms with E-state index in [4.69, 9.17) is 0 Å². The Morgan fingerprint density at radius 1 is 0.735 bits per heavy atom. The summed E-state index contributed by atoms with van der Waals surface area (Å²) in [6.07, 6.45) is 1.56. The number of hydrogen-bond donors (Lipinski definition) is 1. The standard InChI is InChI=1S/C26H17N5O3/c32-24(28-23-8-4-5-15-27-23)17-9-14-21-22(16-17)26(34)31(25(21)33)20-12-10-19(11-13-20)30-29-18-6-2-1-3-7-18/h1-16H,(H,27,28,32). The van der Waals surface area contributed by atoms with Gasteiger partial charge in [-0.15, -0.1) is 0 Å². The van der Waals surface area contributed by atoms with Crippen molar-refractivity contribution in [2.75, 3.05) is 10.2 Å². The summed E-state index contributed by atoms with van der Waals surface area (Å²) in [7, 11) is 0. The molecule has 3 aromatic carbocycles. The fourth-order valence-electron chi connectivity index (χ4n) is 3.52. The van der Waals surface area contributed by atoms with Gasteiger partial charge in [-0.25, -0.2) is 9.88 Å². The number of fused-ring (bicyclic) bond motifs is 1. The van der Waals surface area contributed by atoms with Crippen LogP contribution in [-0.4, -0.2) is 22.7 Å². The van der Waals surface area contributed by atoms with Crippen LogP contribution < -0.4 is 10.2 Å². The van der Waals surface area contributed by atoms with Gasteiger partial charge >= 0.3 is 0 Å². The molecular formula is C26H17N5O3. The smallest absolute Gasteiger partial charge is 0.266 e. The Kier molecular flexibility index (Phi) is 5.45. The third kappa shape index (κ3) is 4.07. The van der Waals surface area contributed by atoms with Crippen LogP contribution in [0.2, 0.25) is 0 Å². The molecule has 34 heavy (non-hydrogen) atoms. The summed E-state index contributed by atoms with van der Waals surface area (Å²) in [6.45, 7) is 0. The van der Waals surface area contributed by atoms with Crippen LogP contribution in [0, 0.1) is 0 Å². The van der Waals surface area contributed by atoms with Gasteiger partial charge in [-0.2, -0.15) is 10.2 Å². The van der Waals surface area contributed by atoms with Crippen molar-refractivity contribution in [1.29, 1.82) is 0 Å². The fourth-order valence-corrected chi connectivity index (χ4v) is 3.52. The number of carbonyl (C=O) groups excluding carboxylic acids is 3. The van der Waals surface area contributed by atoms with Gasteiger partial charge in [0.05, 0.1) is 28.2 Å². The van der Waals surface area contributed by atoms with Crippen LogP contribution in [0.15, 0.2) is 107 Å². The van der Waals surface area contributed by atoms with E-state index in [-0.39, 0.29) is 16.7 Å². The van der Waals surface area contributed by atoms with Gasteiger partial charge in [-0.1, -0.05) is 24.3 Å². The lowest BCUT2D eigenvalue weighted by molar-refractivity contribution is 0.0925. The first kappa shape index (κ1) is 20.9. The third-order valence-electron chi connectivity index (χ3n) is 5.20. The van der Waals surface area contributed by atoms with Crippen molar-refractivity contribution >= 4 is 40.6 Å². The molecular weight excluding hydrogens is 430 g/mol. The van der Waals surface area contributed by atoms with Gasteiger partial charge in [0.2, 0.25) is 0 Å².